The van der Waals surface area contributed by atoms with E-state index in [9.17, 15) is 0 Å². The van der Waals surface area contributed by atoms with E-state index in [0.717, 1.165) is 67.5 Å². The molecular weight excluding hydrogens is 688 g/mol. The van der Waals surface area contributed by atoms with Crippen molar-refractivity contribution in [2.45, 2.75) is 25.7 Å². The van der Waals surface area contributed by atoms with Gasteiger partial charge < -0.3 is 47.4 Å². The van der Waals surface area contributed by atoms with Crippen molar-refractivity contribution in [2.24, 2.45) is 0 Å². The van der Waals surface area contributed by atoms with Gasteiger partial charge in [-0.15, -0.1) is 0 Å². The molecule has 12 bridgehead atoms. The van der Waals surface area contributed by atoms with Gasteiger partial charge in [0.2, 0.25) is 0 Å². The standard InChI is InChI=1S/C44H52O10/c1-5-33-29-35-7-2-9-37-31-39-11-4-12-40-32-38-10-3-8-36(43(38)53-27-23-49-19-15-46-14-18-48-22-26-52-42(35)37)30-34(6-1)41(33)51-25-21-47-17-13-45-16-20-50-24-28-54-44(39)40/h1-12H,13-32H2. The first-order chi connectivity index (χ1) is 26.8. The average Bonchev–Trinajstić information content (AvgIpc) is 3.17. The zero-order valence-corrected chi connectivity index (χ0v) is 31.2. The number of hydrogen-bond donors (Lipinski definition) is 0. The minimum atomic E-state index is 0.399. The molecule has 54 heavy (non-hydrogen) atoms. The second-order valence-electron chi connectivity index (χ2n) is 13.4. The van der Waals surface area contributed by atoms with Gasteiger partial charge in [-0.3, -0.25) is 0 Å². The summed E-state index contributed by atoms with van der Waals surface area (Å²) in [4.78, 5) is 0. The van der Waals surface area contributed by atoms with Gasteiger partial charge in [0, 0.05) is 25.7 Å². The number of hydrogen-bond acceptors (Lipinski definition) is 10. The smallest absolute Gasteiger partial charge is 0.126 e. The second kappa shape index (κ2) is 20.5. The predicted molar refractivity (Wildman–Crippen MR) is 204 cm³/mol. The highest BCUT2D eigenvalue weighted by Gasteiger charge is 2.22. The first kappa shape index (κ1) is 38.1. The minimum Gasteiger partial charge on any atom is -0.491 e. The van der Waals surface area contributed by atoms with Gasteiger partial charge in [0.15, 0.2) is 0 Å². The van der Waals surface area contributed by atoms with Gasteiger partial charge in [-0.1, -0.05) is 72.8 Å². The van der Waals surface area contributed by atoms with Crippen LogP contribution >= 0.6 is 0 Å². The molecule has 2 heterocycles. The Labute approximate surface area is 318 Å². The van der Waals surface area contributed by atoms with Crippen molar-refractivity contribution in [3.05, 3.63) is 117 Å². The monoisotopic (exact) mass is 740 g/mol. The quantitative estimate of drug-likeness (QED) is 0.188. The fraction of sp³-hybridized carbons (Fsp3) is 0.455. The molecule has 0 amide bonds. The molecule has 288 valence electrons. The molecule has 0 saturated heterocycles. The molecule has 0 spiro atoms. The molecular formula is C44H52O10. The van der Waals surface area contributed by atoms with E-state index in [2.05, 4.69) is 72.8 Å². The van der Waals surface area contributed by atoms with Crippen molar-refractivity contribution < 1.29 is 47.4 Å². The molecule has 1 aliphatic carbocycles. The first-order valence-corrected chi connectivity index (χ1v) is 19.2. The maximum atomic E-state index is 6.66. The van der Waals surface area contributed by atoms with Gasteiger partial charge in [0.05, 0.1) is 79.3 Å². The van der Waals surface area contributed by atoms with Crippen LogP contribution in [0.3, 0.4) is 0 Å². The third kappa shape index (κ3) is 10.5. The van der Waals surface area contributed by atoms with Crippen molar-refractivity contribution in [1.82, 2.24) is 0 Å². The van der Waals surface area contributed by atoms with Crippen molar-refractivity contribution in [1.29, 1.82) is 0 Å². The molecule has 3 aliphatic rings. The Morgan fingerprint density at radius 2 is 0.389 bits per heavy atom. The molecule has 0 aromatic heterocycles. The van der Waals surface area contributed by atoms with Gasteiger partial charge in [0.25, 0.3) is 0 Å². The van der Waals surface area contributed by atoms with Gasteiger partial charge in [-0.2, -0.15) is 0 Å². The Morgan fingerprint density at radius 1 is 0.222 bits per heavy atom. The van der Waals surface area contributed by atoms with E-state index in [0.29, 0.717) is 131 Å². The molecule has 0 unspecified atom stereocenters. The summed E-state index contributed by atoms with van der Waals surface area (Å²) in [5.41, 5.74) is 8.56. The maximum absolute atomic E-state index is 6.66. The van der Waals surface area contributed by atoms with E-state index >= 15 is 0 Å². The van der Waals surface area contributed by atoms with Crippen molar-refractivity contribution >= 4 is 0 Å². The molecule has 0 atom stereocenters. The minimum absolute atomic E-state index is 0.399. The summed E-state index contributed by atoms with van der Waals surface area (Å²) in [7, 11) is 0. The number of ether oxygens (including phenoxy) is 10. The SMILES string of the molecule is c1cc2c3c(c1)Cc1cccc4c1OCCOCCOCCOCCOc1c(cccc1Cc1cccc(c1OCCOCCOCCOCCO3)C4)C2. The van der Waals surface area contributed by atoms with E-state index < -0.39 is 0 Å². The zero-order valence-electron chi connectivity index (χ0n) is 31.2. The average molecular weight is 741 g/mol. The van der Waals surface area contributed by atoms with Crippen LogP contribution in [0.25, 0.3) is 0 Å². The summed E-state index contributed by atoms with van der Waals surface area (Å²) in [6.07, 6.45) is 2.43. The molecule has 0 saturated carbocycles. The van der Waals surface area contributed by atoms with Crippen LogP contribution < -0.4 is 18.9 Å². The third-order valence-electron chi connectivity index (χ3n) is 9.62. The van der Waals surface area contributed by atoms with Crippen LogP contribution in [-0.4, -0.2) is 106 Å². The Kier molecular flexibility index (Phi) is 14.5. The lowest BCUT2D eigenvalue weighted by molar-refractivity contribution is 0.00464. The van der Waals surface area contributed by atoms with Crippen molar-refractivity contribution in [3.8, 4) is 23.0 Å². The van der Waals surface area contributed by atoms with Crippen LogP contribution in [0.4, 0.5) is 0 Å². The largest absolute Gasteiger partial charge is 0.491 e. The van der Waals surface area contributed by atoms with Gasteiger partial charge in [-0.05, 0) is 44.5 Å². The van der Waals surface area contributed by atoms with Crippen molar-refractivity contribution in [3.63, 3.8) is 0 Å². The van der Waals surface area contributed by atoms with Gasteiger partial charge >= 0.3 is 0 Å². The van der Waals surface area contributed by atoms with E-state index in [1.807, 2.05) is 0 Å². The fourth-order valence-corrected chi connectivity index (χ4v) is 7.12. The highest BCUT2D eigenvalue weighted by molar-refractivity contribution is 5.56. The normalized spacial score (nSPS) is 18.5. The molecule has 4 aromatic carbocycles. The molecule has 10 nitrogen and oxygen atoms in total. The summed E-state index contributed by atoms with van der Waals surface area (Å²) in [5, 5.41) is 0. The lowest BCUT2D eigenvalue weighted by Gasteiger charge is -2.23. The lowest BCUT2D eigenvalue weighted by atomic mass is 9.91. The summed E-state index contributed by atoms with van der Waals surface area (Å²) in [5.74, 6) is 3.41. The van der Waals surface area contributed by atoms with E-state index in [-0.39, 0.29) is 0 Å². The second-order valence-corrected chi connectivity index (χ2v) is 13.4. The lowest BCUT2D eigenvalue weighted by Crippen LogP contribution is -2.17. The Morgan fingerprint density at radius 3 is 0.574 bits per heavy atom. The molecule has 0 radical (unpaired) electrons. The highest BCUT2D eigenvalue weighted by Crippen LogP contribution is 2.39. The highest BCUT2D eigenvalue weighted by atomic mass is 16.6. The van der Waals surface area contributed by atoms with Crippen LogP contribution in [0.15, 0.2) is 72.8 Å². The van der Waals surface area contributed by atoms with E-state index in [1.54, 1.807) is 0 Å². The maximum Gasteiger partial charge on any atom is 0.126 e. The van der Waals surface area contributed by atoms with E-state index in [4.69, 9.17) is 47.4 Å². The van der Waals surface area contributed by atoms with E-state index in [1.165, 1.54) is 0 Å². The van der Waals surface area contributed by atoms with Crippen molar-refractivity contribution in [2.75, 3.05) is 106 Å². The molecule has 0 N–H and O–H groups in total. The Balaban J connectivity index is 1.38. The summed E-state index contributed by atoms with van der Waals surface area (Å²) in [6.45, 7) is 7.17. The number of para-hydroxylation sites is 4. The number of rotatable bonds is 0. The van der Waals surface area contributed by atoms with Crippen LogP contribution in [-0.2, 0) is 54.1 Å². The Hall–Kier alpha value is -4.16. The number of benzene rings is 4. The van der Waals surface area contributed by atoms with Crippen LogP contribution in [0.5, 0.6) is 23.0 Å². The van der Waals surface area contributed by atoms with Crippen LogP contribution in [0.1, 0.15) is 44.5 Å². The third-order valence-corrected chi connectivity index (χ3v) is 9.62. The summed E-state index contributed by atoms with van der Waals surface area (Å²) >= 11 is 0. The predicted octanol–water partition coefficient (Wildman–Crippen LogP) is 6.01. The molecule has 7 rings (SSSR count). The van der Waals surface area contributed by atoms with Crippen LogP contribution in [0, 0.1) is 0 Å². The van der Waals surface area contributed by atoms with Crippen LogP contribution in [0.2, 0.25) is 0 Å². The molecule has 2 aliphatic heterocycles. The molecule has 10 heteroatoms. The van der Waals surface area contributed by atoms with Gasteiger partial charge in [-0.25, -0.2) is 0 Å². The first-order valence-electron chi connectivity index (χ1n) is 19.2. The topological polar surface area (TPSA) is 92.3 Å². The molecule has 0 fully saturated rings. The zero-order chi connectivity index (χ0) is 36.6. The van der Waals surface area contributed by atoms with Gasteiger partial charge in [0.1, 0.15) is 49.4 Å². The summed E-state index contributed by atoms with van der Waals surface area (Å²) < 4.78 is 61.8. The summed E-state index contributed by atoms with van der Waals surface area (Å²) in [6, 6.07) is 25.7. The molecule has 4 aromatic rings. The Bertz CT molecular complexity index is 1440. The fourth-order valence-electron chi connectivity index (χ4n) is 7.12.